The number of carbonyl (C=O) groups excluding carboxylic acids is 1. The molecule has 0 aliphatic heterocycles. The van der Waals surface area contributed by atoms with Crippen LogP contribution in [0.2, 0.25) is 0 Å². The molecule has 144 valence electrons. The fraction of sp³-hybridized carbons (Fsp3) is 0.632. The highest BCUT2D eigenvalue weighted by Gasteiger charge is 2.19. The molecule has 0 saturated carbocycles. The van der Waals surface area contributed by atoms with Gasteiger partial charge in [-0.15, -0.1) is 5.10 Å². The molecule has 0 aliphatic rings. The molecule has 0 saturated heterocycles. The van der Waals surface area contributed by atoms with Crippen LogP contribution in [0.15, 0.2) is 0 Å². The standard InChI is InChI=1S/C19H30N4O3/c1-6-7-10-23(11-12-24)16(25)9-8-15-13(2)17-18(20-14(15)3)22(4)21-19(17)26-5/h24H,6-12H2,1-5H3. The van der Waals surface area contributed by atoms with Crippen LogP contribution in [0.5, 0.6) is 5.88 Å². The normalized spacial score (nSPS) is 11.2. The van der Waals surface area contributed by atoms with Crippen LogP contribution < -0.4 is 4.74 Å². The van der Waals surface area contributed by atoms with Gasteiger partial charge >= 0.3 is 0 Å². The van der Waals surface area contributed by atoms with Crippen molar-refractivity contribution in [1.82, 2.24) is 19.7 Å². The van der Waals surface area contributed by atoms with E-state index in [0.29, 0.717) is 31.8 Å². The van der Waals surface area contributed by atoms with Crippen molar-refractivity contribution in [3.8, 4) is 5.88 Å². The van der Waals surface area contributed by atoms with Gasteiger partial charge in [0.2, 0.25) is 11.8 Å². The lowest BCUT2D eigenvalue weighted by Crippen LogP contribution is -2.34. The molecule has 0 atom stereocenters. The molecule has 0 fully saturated rings. The van der Waals surface area contributed by atoms with Crippen LogP contribution in [0.1, 0.15) is 43.0 Å². The molecule has 2 heterocycles. The van der Waals surface area contributed by atoms with E-state index in [2.05, 4.69) is 17.0 Å². The van der Waals surface area contributed by atoms with Crippen molar-refractivity contribution in [1.29, 1.82) is 0 Å². The topological polar surface area (TPSA) is 80.5 Å². The highest BCUT2D eigenvalue weighted by Crippen LogP contribution is 2.30. The van der Waals surface area contributed by atoms with Gasteiger partial charge < -0.3 is 14.7 Å². The lowest BCUT2D eigenvalue weighted by Gasteiger charge is -2.22. The lowest BCUT2D eigenvalue weighted by molar-refractivity contribution is -0.131. The van der Waals surface area contributed by atoms with E-state index in [1.165, 1.54) is 0 Å². The molecular weight excluding hydrogens is 332 g/mol. The Morgan fingerprint density at radius 1 is 1.31 bits per heavy atom. The first-order valence-corrected chi connectivity index (χ1v) is 9.19. The molecule has 1 amide bonds. The van der Waals surface area contributed by atoms with Crippen molar-refractivity contribution in [2.75, 3.05) is 26.8 Å². The first-order valence-electron chi connectivity index (χ1n) is 9.19. The summed E-state index contributed by atoms with van der Waals surface area (Å²) in [6, 6.07) is 0. The molecular formula is C19H30N4O3. The number of unbranched alkanes of at least 4 members (excludes halogenated alkanes) is 1. The Morgan fingerprint density at radius 3 is 2.65 bits per heavy atom. The molecule has 1 N–H and O–H groups in total. The number of carbonyl (C=O) groups is 1. The summed E-state index contributed by atoms with van der Waals surface area (Å²) < 4.78 is 7.11. The number of fused-ring (bicyclic) bond motifs is 1. The Morgan fingerprint density at radius 2 is 2.04 bits per heavy atom. The van der Waals surface area contributed by atoms with Crippen molar-refractivity contribution in [3.63, 3.8) is 0 Å². The maximum Gasteiger partial charge on any atom is 0.242 e. The number of amides is 1. The van der Waals surface area contributed by atoms with Gasteiger partial charge in [0.15, 0.2) is 5.65 Å². The van der Waals surface area contributed by atoms with Gasteiger partial charge in [0.05, 0.1) is 19.1 Å². The number of aryl methyl sites for hydroxylation is 3. The summed E-state index contributed by atoms with van der Waals surface area (Å²) in [6.45, 7) is 7.17. The predicted octanol–water partition coefficient (Wildman–Crippen LogP) is 2.15. The highest BCUT2D eigenvalue weighted by atomic mass is 16.5. The van der Waals surface area contributed by atoms with Gasteiger partial charge in [-0.25, -0.2) is 9.67 Å². The molecule has 2 aromatic heterocycles. The molecule has 7 nitrogen and oxygen atoms in total. The second-order valence-corrected chi connectivity index (χ2v) is 6.59. The van der Waals surface area contributed by atoms with Crippen LogP contribution in [-0.4, -0.2) is 57.5 Å². The van der Waals surface area contributed by atoms with Crippen molar-refractivity contribution in [2.45, 2.75) is 46.5 Å². The molecule has 0 spiro atoms. The smallest absolute Gasteiger partial charge is 0.242 e. The van der Waals surface area contributed by atoms with E-state index in [9.17, 15) is 9.90 Å². The van der Waals surface area contributed by atoms with E-state index in [1.807, 2.05) is 20.9 Å². The second kappa shape index (κ2) is 8.98. The summed E-state index contributed by atoms with van der Waals surface area (Å²) in [5.41, 5.74) is 3.83. The number of nitrogens with zero attached hydrogens (tertiary/aromatic N) is 4. The van der Waals surface area contributed by atoms with Gasteiger partial charge in [0, 0.05) is 32.3 Å². The fourth-order valence-electron chi connectivity index (χ4n) is 3.33. The van der Waals surface area contributed by atoms with E-state index in [4.69, 9.17) is 4.74 Å². The average Bonchev–Trinajstić information content (AvgIpc) is 2.94. The van der Waals surface area contributed by atoms with E-state index in [0.717, 1.165) is 40.7 Å². The van der Waals surface area contributed by atoms with E-state index in [1.54, 1.807) is 16.7 Å². The van der Waals surface area contributed by atoms with E-state index >= 15 is 0 Å². The van der Waals surface area contributed by atoms with Crippen LogP contribution in [0, 0.1) is 13.8 Å². The van der Waals surface area contributed by atoms with Gasteiger partial charge in [-0.3, -0.25) is 4.79 Å². The summed E-state index contributed by atoms with van der Waals surface area (Å²) >= 11 is 0. The summed E-state index contributed by atoms with van der Waals surface area (Å²) in [5, 5.41) is 14.5. The molecule has 7 heteroatoms. The van der Waals surface area contributed by atoms with E-state index < -0.39 is 0 Å². The zero-order chi connectivity index (χ0) is 19.3. The number of rotatable bonds is 9. The van der Waals surface area contributed by atoms with Gasteiger partial charge in [0.1, 0.15) is 0 Å². The number of ether oxygens (including phenoxy) is 1. The third-order valence-corrected chi connectivity index (χ3v) is 4.81. The molecule has 0 unspecified atom stereocenters. The Hall–Kier alpha value is -2.15. The zero-order valence-corrected chi connectivity index (χ0v) is 16.5. The zero-order valence-electron chi connectivity index (χ0n) is 16.5. The van der Waals surface area contributed by atoms with Crippen molar-refractivity contribution in [3.05, 3.63) is 16.8 Å². The third kappa shape index (κ3) is 4.15. The first kappa shape index (κ1) is 20.2. The number of aliphatic hydroxyl groups is 1. The molecule has 0 aliphatic carbocycles. The van der Waals surface area contributed by atoms with Gasteiger partial charge in [-0.2, -0.15) is 0 Å². The maximum absolute atomic E-state index is 12.6. The first-order chi connectivity index (χ1) is 12.4. The van der Waals surface area contributed by atoms with Gasteiger partial charge in [-0.05, 0) is 37.8 Å². The maximum atomic E-state index is 12.6. The summed E-state index contributed by atoms with van der Waals surface area (Å²) in [6.07, 6.45) is 2.99. The number of methoxy groups -OCH3 is 1. The quantitative estimate of drug-likeness (QED) is 0.739. The van der Waals surface area contributed by atoms with Crippen LogP contribution in [0.4, 0.5) is 0 Å². The van der Waals surface area contributed by atoms with E-state index in [-0.39, 0.29) is 12.5 Å². The predicted molar refractivity (Wildman–Crippen MR) is 101 cm³/mol. The van der Waals surface area contributed by atoms with Crippen LogP contribution in [-0.2, 0) is 18.3 Å². The average molecular weight is 362 g/mol. The fourth-order valence-corrected chi connectivity index (χ4v) is 3.33. The molecule has 0 radical (unpaired) electrons. The van der Waals surface area contributed by atoms with Crippen LogP contribution >= 0.6 is 0 Å². The highest BCUT2D eigenvalue weighted by molar-refractivity contribution is 5.86. The Labute approximate surface area is 155 Å². The van der Waals surface area contributed by atoms with Crippen molar-refractivity contribution >= 4 is 16.9 Å². The monoisotopic (exact) mass is 362 g/mol. The second-order valence-electron chi connectivity index (χ2n) is 6.59. The number of hydrogen-bond acceptors (Lipinski definition) is 5. The summed E-state index contributed by atoms with van der Waals surface area (Å²) in [7, 11) is 3.45. The molecule has 26 heavy (non-hydrogen) atoms. The SMILES string of the molecule is CCCCN(CCO)C(=O)CCc1c(C)nc2c(c(OC)nn2C)c1C. The Bertz CT molecular complexity index is 770. The lowest BCUT2D eigenvalue weighted by atomic mass is 10.00. The molecule has 0 aromatic carbocycles. The van der Waals surface area contributed by atoms with Crippen molar-refractivity contribution in [2.24, 2.45) is 7.05 Å². The summed E-state index contributed by atoms with van der Waals surface area (Å²) in [4.78, 5) is 19.0. The summed E-state index contributed by atoms with van der Waals surface area (Å²) in [5.74, 6) is 0.634. The minimum absolute atomic E-state index is 0.00604. The number of aliphatic hydroxyl groups excluding tert-OH is 1. The third-order valence-electron chi connectivity index (χ3n) is 4.81. The molecule has 2 rings (SSSR count). The minimum Gasteiger partial charge on any atom is -0.479 e. The number of aromatic nitrogens is 3. The van der Waals surface area contributed by atoms with Gasteiger partial charge in [-0.1, -0.05) is 13.3 Å². The Balaban J connectivity index is 2.23. The van der Waals surface area contributed by atoms with Crippen LogP contribution in [0.25, 0.3) is 11.0 Å². The number of pyridine rings is 1. The Kier molecular flexibility index (Phi) is 6.97. The number of hydrogen-bond donors (Lipinski definition) is 1. The molecule has 0 bridgehead atoms. The largest absolute Gasteiger partial charge is 0.479 e. The van der Waals surface area contributed by atoms with Gasteiger partial charge in [0.25, 0.3) is 0 Å². The van der Waals surface area contributed by atoms with Crippen molar-refractivity contribution < 1.29 is 14.6 Å². The molecule has 2 aromatic rings. The van der Waals surface area contributed by atoms with Crippen LogP contribution in [0.3, 0.4) is 0 Å². The minimum atomic E-state index is -0.00604.